The molecule has 1 amide bonds. The summed E-state index contributed by atoms with van der Waals surface area (Å²) in [6.45, 7) is 6.87. The summed E-state index contributed by atoms with van der Waals surface area (Å²) in [5.74, 6) is 0.532. The van der Waals surface area contributed by atoms with E-state index >= 15 is 0 Å². The van der Waals surface area contributed by atoms with Crippen LogP contribution in [0, 0.1) is 0 Å². The fraction of sp³-hybridized carbons (Fsp3) is 0.500. The van der Waals surface area contributed by atoms with Crippen LogP contribution in [0.4, 0.5) is 4.79 Å². The minimum Gasteiger partial charge on any atom is -0.473 e. The zero-order valence-electron chi connectivity index (χ0n) is 14.4. The largest absolute Gasteiger partial charge is 0.473 e. The lowest BCUT2D eigenvalue weighted by Crippen LogP contribution is -2.44. The molecule has 1 aromatic carbocycles. The van der Waals surface area contributed by atoms with Gasteiger partial charge in [-0.25, -0.2) is 14.8 Å². The first-order valence-electron chi connectivity index (χ1n) is 8.27. The summed E-state index contributed by atoms with van der Waals surface area (Å²) in [5, 5.41) is 0. The predicted octanol–water partition coefficient (Wildman–Crippen LogP) is 3.41. The van der Waals surface area contributed by atoms with Crippen LogP contribution in [0.2, 0.25) is 0 Å². The first-order valence-corrected chi connectivity index (χ1v) is 8.27. The van der Waals surface area contributed by atoms with Crippen LogP contribution in [-0.4, -0.2) is 45.8 Å². The second kappa shape index (κ2) is 6.63. The van der Waals surface area contributed by atoms with Crippen molar-refractivity contribution in [1.29, 1.82) is 0 Å². The number of benzene rings is 1. The van der Waals surface area contributed by atoms with Crippen LogP contribution in [0.15, 0.2) is 30.5 Å². The lowest BCUT2D eigenvalue weighted by atomic mass is 10.1. The van der Waals surface area contributed by atoms with Crippen molar-refractivity contribution < 1.29 is 14.3 Å². The highest BCUT2D eigenvalue weighted by Crippen LogP contribution is 2.20. The molecule has 0 atom stereocenters. The number of aromatic nitrogens is 2. The van der Waals surface area contributed by atoms with E-state index in [-0.39, 0.29) is 12.2 Å². The smallest absolute Gasteiger partial charge is 0.410 e. The van der Waals surface area contributed by atoms with Gasteiger partial charge < -0.3 is 14.4 Å². The molecule has 2 heterocycles. The SMILES string of the molecule is CC(C)(C)OC(=O)N1CCC(Oc2cnc3ccccc3n2)CC1. The topological polar surface area (TPSA) is 64.5 Å². The van der Waals surface area contributed by atoms with E-state index in [2.05, 4.69) is 9.97 Å². The van der Waals surface area contributed by atoms with Gasteiger partial charge >= 0.3 is 6.09 Å². The molecular weight excluding hydrogens is 306 g/mol. The van der Waals surface area contributed by atoms with E-state index in [0.717, 1.165) is 23.9 Å². The normalized spacial score (nSPS) is 16.2. The number of fused-ring (bicyclic) bond motifs is 1. The van der Waals surface area contributed by atoms with Gasteiger partial charge in [0.05, 0.1) is 17.2 Å². The van der Waals surface area contributed by atoms with Crippen LogP contribution in [-0.2, 0) is 4.74 Å². The maximum Gasteiger partial charge on any atom is 0.410 e. The minimum absolute atomic E-state index is 0.0409. The number of hydrogen-bond donors (Lipinski definition) is 0. The molecule has 6 heteroatoms. The van der Waals surface area contributed by atoms with E-state index in [4.69, 9.17) is 9.47 Å². The van der Waals surface area contributed by atoms with E-state index in [1.54, 1.807) is 11.1 Å². The minimum atomic E-state index is -0.467. The number of amides is 1. The van der Waals surface area contributed by atoms with Gasteiger partial charge in [-0.05, 0) is 32.9 Å². The zero-order valence-corrected chi connectivity index (χ0v) is 14.4. The van der Waals surface area contributed by atoms with Crippen LogP contribution in [0.25, 0.3) is 11.0 Å². The predicted molar refractivity (Wildman–Crippen MR) is 91.0 cm³/mol. The Morgan fingerprint density at radius 2 is 1.83 bits per heavy atom. The Labute approximate surface area is 141 Å². The first kappa shape index (κ1) is 16.5. The maximum atomic E-state index is 12.1. The van der Waals surface area contributed by atoms with E-state index < -0.39 is 5.60 Å². The molecule has 0 saturated carbocycles. The molecule has 0 N–H and O–H groups in total. The summed E-state index contributed by atoms with van der Waals surface area (Å²) < 4.78 is 11.3. The zero-order chi connectivity index (χ0) is 17.2. The standard InChI is InChI=1S/C18H23N3O3/c1-18(2,3)24-17(22)21-10-8-13(9-11-21)23-16-12-19-14-6-4-5-7-15(14)20-16/h4-7,12-13H,8-11H2,1-3H3. The number of likely N-dealkylation sites (tertiary alicyclic amines) is 1. The summed E-state index contributed by atoms with van der Waals surface area (Å²) in [7, 11) is 0. The molecule has 6 nitrogen and oxygen atoms in total. The molecule has 0 bridgehead atoms. The van der Waals surface area contributed by atoms with Crippen molar-refractivity contribution in [3.63, 3.8) is 0 Å². The van der Waals surface area contributed by atoms with Crippen LogP contribution < -0.4 is 4.74 Å². The Hall–Kier alpha value is -2.37. The molecule has 1 aliphatic heterocycles. The lowest BCUT2D eigenvalue weighted by molar-refractivity contribution is 0.0123. The Bertz CT molecular complexity index is 719. The van der Waals surface area contributed by atoms with Crippen molar-refractivity contribution in [2.24, 2.45) is 0 Å². The number of nitrogens with zero attached hydrogens (tertiary/aromatic N) is 3. The lowest BCUT2D eigenvalue weighted by Gasteiger charge is -2.33. The highest BCUT2D eigenvalue weighted by atomic mass is 16.6. The summed E-state index contributed by atoms with van der Waals surface area (Å²) in [5.41, 5.74) is 1.20. The van der Waals surface area contributed by atoms with Crippen molar-refractivity contribution in [3.8, 4) is 5.88 Å². The molecule has 24 heavy (non-hydrogen) atoms. The Kier molecular flexibility index (Phi) is 4.55. The molecule has 1 aliphatic rings. The monoisotopic (exact) mass is 329 g/mol. The van der Waals surface area contributed by atoms with Gasteiger partial charge in [0.15, 0.2) is 0 Å². The third-order valence-corrected chi connectivity index (χ3v) is 3.81. The second-order valence-electron chi connectivity index (χ2n) is 6.98. The molecule has 128 valence electrons. The van der Waals surface area contributed by atoms with E-state index in [1.807, 2.05) is 45.0 Å². The van der Waals surface area contributed by atoms with E-state index in [9.17, 15) is 4.79 Å². The molecule has 0 radical (unpaired) electrons. The van der Waals surface area contributed by atoms with Gasteiger partial charge in [0, 0.05) is 25.9 Å². The van der Waals surface area contributed by atoms with Gasteiger partial charge in [0.1, 0.15) is 11.7 Å². The Balaban J connectivity index is 1.55. The van der Waals surface area contributed by atoms with Crippen molar-refractivity contribution >= 4 is 17.1 Å². The number of carbonyl (C=O) groups excluding carboxylic acids is 1. The quantitative estimate of drug-likeness (QED) is 0.845. The highest BCUT2D eigenvalue weighted by Gasteiger charge is 2.27. The number of para-hydroxylation sites is 2. The van der Waals surface area contributed by atoms with Gasteiger partial charge in [0.2, 0.25) is 5.88 Å². The number of carbonyl (C=O) groups is 1. The third-order valence-electron chi connectivity index (χ3n) is 3.81. The van der Waals surface area contributed by atoms with Gasteiger partial charge in [-0.2, -0.15) is 0 Å². The van der Waals surface area contributed by atoms with Crippen molar-refractivity contribution in [2.45, 2.75) is 45.3 Å². The Morgan fingerprint density at radius 1 is 1.17 bits per heavy atom. The molecule has 0 aliphatic carbocycles. The molecule has 2 aromatic rings. The van der Waals surface area contributed by atoms with E-state index in [1.165, 1.54) is 0 Å². The molecule has 0 spiro atoms. The van der Waals surface area contributed by atoms with Crippen LogP contribution in [0.3, 0.4) is 0 Å². The average molecular weight is 329 g/mol. The average Bonchev–Trinajstić information content (AvgIpc) is 2.54. The molecule has 1 aromatic heterocycles. The highest BCUT2D eigenvalue weighted by molar-refractivity contribution is 5.74. The fourth-order valence-electron chi connectivity index (χ4n) is 2.65. The Morgan fingerprint density at radius 3 is 2.50 bits per heavy atom. The van der Waals surface area contributed by atoms with E-state index in [0.29, 0.717) is 19.0 Å². The van der Waals surface area contributed by atoms with Crippen LogP contribution >= 0.6 is 0 Å². The summed E-state index contributed by atoms with van der Waals surface area (Å²) >= 11 is 0. The van der Waals surface area contributed by atoms with Crippen LogP contribution in [0.5, 0.6) is 5.88 Å². The van der Waals surface area contributed by atoms with Crippen molar-refractivity contribution in [3.05, 3.63) is 30.5 Å². The number of hydrogen-bond acceptors (Lipinski definition) is 5. The van der Waals surface area contributed by atoms with Crippen molar-refractivity contribution in [2.75, 3.05) is 13.1 Å². The fourth-order valence-corrected chi connectivity index (χ4v) is 2.65. The number of ether oxygens (including phenoxy) is 2. The van der Waals surface area contributed by atoms with Gasteiger partial charge in [0.25, 0.3) is 0 Å². The number of piperidine rings is 1. The van der Waals surface area contributed by atoms with Gasteiger partial charge in [-0.15, -0.1) is 0 Å². The summed E-state index contributed by atoms with van der Waals surface area (Å²) in [6.07, 6.45) is 2.95. The van der Waals surface area contributed by atoms with Gasteiger partial charge in [-0.1, -0.05) is 12.1 Å². The first-order chi connectivity index (χ1) is 11.4. The van der Waals surface area contributed by atoms with Gasteiger partial charge in [-0.3, -0.25) is 0 Å². The molecule has 1 saturated heterocycles. The second-order valence-corrected chi connectivity index (χ2v) is 6.98. The molecule has 1 fully saturated rings. The third kappa shape index (κ3) is 4.13. The number of rotatable bonds is 2. The van der Waals surface area contributed by atoms with Crippen LogP contribution in [0.1, 0.15) is 33.6 Å². The maximum absolute atomic E-state index is 12.1. The summed E-state index contributed by atoms with van der Waals surface area (Å²) in [4.78, 5) is 22.6. The summed E-state index contributed by atoms with van der Waals surface area (Å²) in [6, 6.07) is 7.70. The molecule has 3 rings (SSSR count). The molecule has 0 unspecified atom stereocenters. The van der Waals surface area contributed by atoms with Crippen molar-refractivity contribution in [1.82, 2.24) is 14.9 Å². The molecular formula is C18H23N3O3.